The quantitative estimate of drug-likeness (QED) is 0.692. The van der Waals surface area contributed by atoms with E-state index in [9.17, 15) is 9.59 Å². The van der Waals surface area contributed by atoms with Gasteiger partial charge in [0, 0.05) is 18.1 Å². The number of benzene rings is 2. The highest BCUT2D eigenvalue weighted by molar-refractivity contribution is 9.10. The van der Waals surface area contributed by atoms with Crippen LogP contribution >= 0.6 is 15.9 Å². The van der Waals surface area contributed by atoms with Gasteiger partial charge in [-0.3, -0.25) is 9.59 Å². The Kier molecular flexibility index (Phi) is 6.97. The van der Waals surface area contributed by atoms with Gasteiger partial charge in [0.15, 0.2) is 0 Å². The Morgan fingerprint density at radius 1 is 1.04 bits per heavy atom. The van der Waals surface area contributed by atoms with Crippen LogP contribution in [0.25, 0.3) is 0 Å². The van der Waals surface area contributed by atoms with Gasteiger partial charge in [0.2, 0.25) is 0 Å². The number of para-hydroxylation sites is 1. The van der Waals surface area contributed by atoms with Crippen molar-refractivity contribution < 1.29 is 19.1 Å². The molecule has 6 nitrogen and oxygen atoms in total. The monoisotopic (exact) mass is 406 g/mol. The summed E-state index contributed by atoms with van der Waals surface area (Å²) >= 11 is 3.34. The molecule has 0 aliphatic carbocycles. The minimum absolute atomic E-state index is 0.283. The van der Waals surface area contributed by atoms with Crippen LogP contribution in [0.15, 0.2) is 46.9 Å². The molecule has 0 fully saturated rings. The lowest BCUT2D eigenvalue weighted by Gasteiger charge is -2.13. The summed E-state index contributed by atoms with van der Waals surface area (Å²) < 4.78 is 10.9. The van der Waals surface area contributed by atoms with Crippen molar-refractivity contribution in [2.24, 2.45) is 0 Å². The first-order chi connectivity index (χ1) is 12.1. The predicted octanol–water partition coefficient (Wildman–Crippen LogP) is 3.09. The van der Waals surface area contributed by atoms with E-state index >= 15 is 0 Å². The average Bonchev–Trinajstić information content (AvgIpc) is 2.62. The van der Waals surface area contributed by atoms with E-state index in [0.717, 1.165) is 4.47 Å². The molecule has 2 rings (SSSR count). The van der Waals surface area contributed by atoms with E-state index in [1.54, 1.807) is 49.6 Å². The van der Waals surface area contributed by atoms with Gasteiger partial charge in [-0.15, -0.1) is 0 Å². The molecule has 0 atom stereocenters. The standard InChI is InChI=1S/C18H19BrN2O4/c1-24-10-9-20-17(22)13-5-3-4-6-15(13)21-18(23)14-11-12(19)7-8-16(14)25-2/h3-8,11H,9-10H2,1-2H3,(H,20,22)(H,21,23). The third kappa shape index (κ3) is 5.04. The number of methoxy groups -OCH3 is 2. The number of nitrogens with one attached hydrogen (secondary N) is 2. The Morgan fingerprint density at radius 3 is 2.52 bits per heavy atom. The number of carbonyl (C=O) groups excluding carboxylic acids is 2. The molecule has 132 valence electrons. The van der Waals surface area contributed by atoms with Crippen LogP contribution in [0.1, 0.15) is 20.7 Å². The lowest BCUT2D eigenvalue weighted by molar-refractivity contribution is 0.0938. The Hall–Kier alpha value is -2.38. The highest BCUT2D eigenvalue weighted by Crippen LogP contribution is 2.25. The molecule has 0 unspecified atom stereocenters. The van der Waals surface area contributed by atoms with Crippen molar-refractivity contribution in [3.05, 3.63) is 58.1 Å². The Bertz CT molecular complexity index is 764. The van der Waals surface area contributed by atoms with Crippen LogP contribution in [0.3, 0.4) is 0 Å². The summed E-state index contributed by atoms with van der Waals surface area (Å²) in [6.45, 7) is 0.798. The zero-order chi connectivity index (χ0) is 18.2. The van der Waals surface area contributed by atoms with Crippen molar-refractivity contribution in [1.29, 1.82) is 0 Å². The van der Waals surface area contributed by atoms with Crippen molar-refractivity contribution in [3.8, 4) is 5.75 Å². The number of hydrogen-bond acceptors (Lipinski definition) is 4. The molecule has 0 saturated carbocycles. The van der Waals surface area contributed by atoms with Gasteiger partial charge in [-0.05, 0) is 30.3 Å². The fourth-order valence-corrected chi connectivity index (χ4v) is 2.56. The van der Waals surface area contributed by atoms with Crippen LogP contribution < -0.4 is 15.4 Å². The van der Waals surface area contributed by atoms with Crippen LogP contribution in [-0.4, -0.2) is 39.2 Å². The van der Waals surface area contributed by atoms with Crippen molar-refractivity contribution in [2.75, 3.05) is 32.7 Å². The van der Waals surface area contributed by atoms with Crippen LogP contribution in [-0.2, 0) is 4.74 Å². The lowest BCUT2D eigenvalue weighted by Crippen LogP contribution is -2.28. The number of rotatable bonds is 7. The fraction of sp³-hybridized carbons (Fsp3) is 0.222. The van der Waals surface area contributed by atoms with E-state index in [1.165, 1.54) is 7.11 Å². The van der Waals surface area contributed by atoms with Crippen LogP contribution in [0.2, 0.25) is 0 Å². The molecular formula is C18H19BrN2O4. The summed E-state index contributed by atoms with van der Waals surface area (Å²) in [6.07, 6.45) is 0. The van der Waals surface area contributed by atoms with Gasteiger partial charge < -0.3 is 20.1 Å². The molecule has 0 heterocycles. The Balaban J connectivity index is 2.22. The minimum atomic E-state index is -0.365. The van der Waals surface area contributed by atoms with Crippen molar-refractivity contribution >= 4 is 33.4 Å². The topological polar surface area (TPSA) is 76.7 Å². The molecule has 2 N–H and O–H groups in total. The van der Waals surface area contributed by atoms with E-state index in [4.69, 9.17) is 9.47 Å². The first kappa shape index (κ1) is 19.0. The van der Waals surface area contributed by atoms with Gasteiger partial charge in [-0.2, -0.15) is 0 Å². The highest BCUT2D eigenvalue weighted by Gasteiger charge is 2.17. The maximum atomic E-state index is 12.6. The summed E-state index contributed by atoms with van der Waals surface area (Å²) in [5.74, 6) is -0.202. The first-order valence-corrected chi connectivity index (χ1v) is 8.37. The third-order valence-corrected chi connectivity index (χ3v) is 3.91. The molecule has 2 aromatic rings. The molecule has 2 amide bonds. The summed E-state index contributed by atoms with van der Waals surface area (Å²) in [5.41, 5.74) is 1.16. The molecule has 0 saturated heterocycles. The normalized spacial score (nSPS) is 10.2. The van der Waals surface area contributed by atoms with Crippen LogP contribution in [0.4, 0.5) is 5.69 Å². The van der Waals surface area contributed by atoms with E-state index < -0.39 is 0 Å². The number of halogens is 1. The highest BCUT2D eigenvalue weighted by atomic mass is 79.9. The lowest BCUT2D eigenvalue weighted by atomic mass is 10.1. The van der Waals surface area contributed by atoms with E-state index in [-0.39, 0.29) is 11.8 Å². The van der Waals surface area contributed by atoms with Gasteiger partial charge in [-0.25, -0.2) is 0 Å². The summed E-state index contributed by atoms with van der Waals surface area (Å²) in [6, 6.07) is 12.0. The van der Waals surface area contributed by atoms with Crippen LogP contribution in [0, 0.1) is 0 Å². The zero-order valence-corrected chi connectivity index (χ0v) is 15.6. The van der Waals surface area contributed by atoms with Gasteiger partial charge >= 0.3 is 0 Å². The van der Waals surface area contributed by atoms with Crippen molar-refractivity contribution in [3.63, 3.8) is 0 Å². The van der Waals surface area contributed by atoms with Gasteiger partial charge in [0.1, 0.15) is 5.75 Å². The maximum Gasteiger partial charge on any atom is 0.259 e. The molecule has 0 bridgehead atoms. The smallest absolute Gasteiger partial charge is 0.259 e. The molecule has 0 aromatic heterocycles. The first-order valence-electron chi connectivity index (χ1n) is 7.58. The van der Waals surface area contributed by atoms with Gasteiger partial charge in [-0.1, -0.05) is 28.1 Å². The third-order valence-electron chi connectivity index (χ3n) is 3.42. The van der Waals surface area contributed by atoms with E-state index in [1.807, 2.05) is 0 Å². The van der Waals surface area contributed by atoms with Gasteiger partial charge in [0.05, 0.1) is 30.5 Å². The van der Waals surface area contributed by atoms with Crippen molar-refractivity contribution in [2.45, 2.75) is 0 Å². The number of carbonyl (C=O) groups is 2. The van der Waals surface area contributed by atoms with E-state index in [0.29, 0.717) is 35.7 Å². The second-order valence-electron chi connectivity index (χ2n) is 5.09. The number of ether oxygens (including phenoxy) is 2. The largest absolute Gasteiger partial charge is 0.496 e. The fourth-order valence-electron chi connectivity index (χ4n) is 2.20. The molecule has 7 heteroatoms. The Labute approximate surface area is 154 Å². The second-order valence-corrected chi connectivity index (χ2v) is 6.01. The number of hydrogen-bond donors (Lipinski definition) is 2. The minimum Gasteiger partial charge on any atom is -0.496 e. The predicted molar refractivity (Wildman–Crippen MR) is 99.3 cm³/mol. The van der Waals surface area contributed by atoms with Gasteiger partial charge in [0.25, 0.3) is 11.8 Å². The van der Waals surface area contributed by atoms with Crippen LogP contribution in [0.5, 0.6) is 5.75 Å². The average molecular weight is 407 g/mol. The molecule has 25 heavy (non-hydrogen) atoms. The maximum absolute atomic E-state index is 12.6. The molecule has 0 aliphatic rings. The number of anilines is 1. The summed E-state index contributed by atoms with van der Waals surface area (Å²) in [7, 11) is 3.06. The zero-order valence-electron chi connectivity index (χ0n) is 14.0. The molecular weight excluding hydrogens is 388 g/mol. The summed E-state index contributed by atoms with van der Waals surface area (Å²) in [5, 5.41) is 5.51. The second kappa shape index (κ2) is 9.19. The van der Waals surface area contributed by atoms with Crippen molar-refractivity contribution in [1.82, 2.24) is 5.32 Å². The molecule has 2 aromatic carbocycles. The van der Waals surface area contributed by atoms with E-state index in [2.05, 4.69) is 26.6 Å². The Morgan fingerprint density at radius 2 is 1.80 bits per heavy atom. The number of amides is 2. The summed E-state index contributed by atoms with van der Waals surface area (Å²) in [4.78, 5) is 24.9. The molecule has 0 spiro atoms. The SMILES string of the molecule is COCCNC(=O)c1ccccc1NC(=O)c1cc(Br)ccc1OC. The molecule has 0 aliphatic heterocycles. The molecule has 0 radical (unpaired) electrons.